The Labute approximate surface area is 131 Å². The number of aromatic amines is 1. The Morgan fingerprint density at radius 1 is 1.10 bits per heavy atom. The van der Waals surface area contributed by atoms with Crippen LogP contribution in [0.25, 0.3) is 17.0 Å². The molecule has 0 amide bonds. The summed E-state index contributed by atoms with van der Waals surface area (Å²) < 4.78 is 0.968. The molecular weight excluding hydrogens is 326 g/mol. The normalized spacial score (nSPS) is 11.3. The van der Waals surface area contributed by atoms with Gasteiger partial charge >= 0.3 is 0 Å². The Kier molecular flexibility index (Phi) is 3.76. The predicted molar refractivity (Wildman–Crippen MR) is 90.5 cm³/mol. The molecule has 1 aromatic heterocycles. The number of fused-ring (bicyclic) bond motifs is 1. The van der Waals surface area contributed by atoms with Gasteiger partial charge in [-0.3, -0.25) is 4.79 Å². The number of rotatable bonds is 3. The average molecular weight is 340 g/mol. The highest BCUT2D eigenvalue weighted by Crippen LogP contribution is 2.23. The molecule has 0 unspecified atom stereocenters. The number of allylic oxidation sites excluding steroid dienone is 1. The third-order valence-electron chi connectivity index (χ3n) is 3.47. The minimum atomic E-state index is 0.00665. The smallest absolute Gasteiger partial charge is 0.185 e. The minimum absolute atomic E-state index is 0.00665. The van der Waals surface area contributed by atoms with Gasteiger partial charge < -0.3 is 4.98 Å². The summed E-state index contributed by atoms with van der Waals surface area (Å²) in [6.45, 7) is 2.02. The van der Waals surface area contributed by atoms with Crippen LogP contribution in [-0.2, 0) is 0 Å². The van der Waals surface area contributed by atoms with Crippen molar-refractivity contribution in [3.8, 4) is 0 Å². The summed E-state index contributed by atoms with van der Waals surface area (Å²) in [6.07, 6.45) is 3.52. The van der Waals surface area contributed by atoms with E-state index in [9.17, 15) is 4.79 Å². The van der Waals surface area contributed by atoms with Crippen LogP contribution in [0, 0.1) is 6.92 Å². The van der Waals surface area contributed by atoms with Crippen molar-refractivity contribution in [3.05, 3.63) is 75.9 Å². The summed E-state index contributed by atoms with van der Waals surface area (Å²) in [4.78, 5) is 15.5. The number of carbonyl (C=O) groups excluding carboxylic acids is 1. The Morgan fingerprint density at radius 2 is 1.81 bits per heavy atom. The number of carbonyl (C=O) groups is 1. The van der Waals surface area contributed by atoms with Crippen LogP contribution in [0.3, 0.4) is 0 Å². The molecule has 2 aromatic carbocycles. The fourth-order valence-electron chi connectivity index (χ4n) is 2.38. The molecule has 0 atom stereocenters. The molecule has 1 N–H and O–H groups in total. The van der Waals surface area contributed by atoms with E-state index in [0.29, 0.717) is 5.56 Å². The Hall–Kier alpha value is -2.13. The Bertz CT molecular complexity index is 828. The first-order valence-electron chi connectivity index (χ1n) is 6.70. The number of halogens is 1. The minimum Gasteiger partial charge on any atom is -0.358 e. The summed E-state index contributed by atoms with van der Waals surface area (Å²) in [5, 5.41) is 1.13. The number of benzene rings is 2. The number of nitrogens with one attached hydrogen (secondary N) is 1. The highest BCUT2D eigenvalue weighted by molar-refractivity contribution is 9.10. The van der Waals surface area contributed by atoms with Crippen LogP contribution < -0.4 is 0 Å². The van der Waals surface area contributed by atoms with E-state index >= 15 is 0 Å². The van der Waals surface area contributed by atoms with Crippen LogP contribution in [0.1, 0.15) is 21.6 Å². The molecule has 3 aromatic rings. The summed E-state index contributed by atoms with van der Waals surface area (Å²) in [7, 11) is 0. The van der Waals surface area contributed by atoms with Gasteiger partial charge in [0.05, 0.1) is 0 Å². The lowest BCUT2D eigenvalue weighted by Crippen LogP contribution is -1.93. The molecule has 3 rings (SSSR count). The maximum atomic E-state index is 12.2. The molecule has 0 aliphatic rings. The molecule has 0 aliphatic heterocycles. The molecule has 1 heterocycles. The summed E-state index contributed by atoms with van der Waals surface area (Å²) in [5.74, 6) is 0.00665. The molecular formula is C18H14BrNO. The van der Waals surface area contributed by atoms with Crippen LogP contribution in [0.5, 0.6) is 0 Å². The second-order valence-corrected chi connectivity index (χ2v) is 5.83. The van der Waals surface area contributed by atoms with Crippen LogP contribution in [0.15, 0.2) is 59.1 Å². The van der Waals surface area contributed by atoms with Gasteiger partial charge in [0, 0.05) is 32.2 Å². The quantitative estimate of drug-likeness (QED) is 0.520. The topological polar surface area (TPSA) is 32.9 Å². The number of H-pyrrole nitrogens is 1. The van der Waals surface area contributed by atoms with E-state index in [-0.39, 0.29) is 5.78 Å². The molecule has 21 heavy (non-hydrogen) atoms. The second-order valence-electron chi connectivity index (χ2n) is 4.91. The molecule has 0 spiro atoms. The van der Waals surface area contributed by atoms with Gasteiger partial charge in [0.25, 0.3) is 0 Å². The maximum Gasteiger partial charge on any atom is 0.185 e. The van der Waals surface area contributed by atoms with Crippen molar-refractivity contribution in [1.82, 2.24) is 4.98 Å². The van der Waals surface area contributed by atoms with Crippen molar-refractivity contribution in [2.45, 2.75) is 6.92 Å². The predicted octanol–water partition coefficient (Wildman–Crippen LogP) is 5.13. The van der Waals surface area contributed by atoms with Gasteiger partial charge in [-0.15, -0.1) is 0 Å². The monoisotopic (exact) mass is 339 g/mol. The van der Waals surface area contributed by atoms with Crippen molar-refractivity contribution < 1.29 is 4.79 Å². The Morgan fingerprint density at radius 3 is 2.57 bits per heavy atom. The summed E-state index contributed by atoms with van der Waals surface area (Å²) in [5.41, 5.74) is 3.91. The first kappa shape index (κ1) is 13.8. The highest BCUT2D eigenvalue weighted by atomic mass is 79.9. The van der Waals surface area contributed by atoms with Crippen LogP contribution >= 0.6 is 15.9 Å². The molecule has 2 nitrogen and oxygen atoms in total. The lowest BCUT2D eigenvalue weighted by molar-refractivity contribution is 0.104. The van der Waals surface area contributed by atoms with Crippen molar-refractivity contribution in [2.24, 2.45) is 0 Å². The van der Waals surface area contributed by atoms with E-state index in [1.54, 1.807) is 6.08 Å². The number of para-hydroxylation sites is 1. The third kappa shape index (κ3) is 2.83. The van der Waals surface area contributed by atoms with E-state index < -0.39 is 0 Å². The van der Waals surface area contributed by atoms with Crippen molar-refractivity contribution in [1.29, 1.82) is 0 Å². The van der Waals surface area contributed by atoms with E-state index in [4.69, 9.17) is 0 Å². The molecule has 0 bridgehead atoms. The zero-order chi connectivity index (χ0) is 14.8. The number of aromatic nitrogens is 1. The van der Waals surface area contributed by atoms with Crippen LogP contribution in [0.4, 0.5) is 0 Å². The summed E-state index contributed by atoms with van der Waals surface area (Å²) in [6, 6.07) is 15.5. The van der Waals surface area contributed by atoms with Gasteiger partial charge in [0.1, 0.15) is 0 Å². The standard InChI is InChI=1S/C18H14BrNO/c1-12-15(16-4-2-3-5-17(16)20-12)10-11-18(21)13-6-8-14(19)9-7-13/h2-11,20H,1H3/b11-10+. The molecule has 0 radical (unpaired) electrons. The SMILES string of the molecule is Cc1[nH]c2ccccc2c1/C=C/C(=O)c1ccc(Br)cc1. The largest absolute Gasteiger partial charge is 0.358 e. The molecule has 104 valence electrons. The lowest BCUT2D eigenvalue weighted by atomic mass is 10.1. The summed E-state index contributed by atoms with van der Waals surface area (Å²) >= 11 is 3.37. The molecule has 3 heteroatoms. The Balaban J connectivity index is 1.92. The zero-order valence-corrected chi connectivity index (χ0v) is 13.1. The van der Waals surface area contributed by atoms with Crippen molar-refractivity contribution in [3.63, 3.8) is 0 Å². The maximum absolute atomic E-state index is 12.2. The van der Waals surface area contributed by atoms with Gasteiger partial charge in [-0.05, 0) is 49.4 Å². The van der Waals surface area contributed by atoms with Gasteiger partial charge in [-0.25, -0.2) is 0 Å². The second kappa shape index (κ2) is 5.70. The van der Waals surface area contributed by atoms with Crippen molar-refractivity contribution in [2.75, 3.05) is 0 Å². The number of hydrogen-bond acceptors (Lipinski definition) is 1. The first-order chi connectivity index (χ1) is 10.1. The molecule has 0 saturated carbocycles. The van der Waals surface area contributed by atoms with Gasteiger partial charge in [-0.2, -0.15) is 0 Å². The van der Waals surface area contributed by atoms with E-state index in [1.165, 1.54) is 0 Å². The molecule has 0 fully saturated rings. The van der Waals surface area contributed by atoms with E-state index in [1.807, 2.05) is 55.5 Å². The van der Waals surface area contributed by atoms with E-state index in [0.717, 1.165) is 26.6 Å². The van der Waals surface area contributed by atoms with Crippen molar-refractivity contribution >= 4 is 38.7 Å². The van der Waals surface area contributed by atoms with Crippen LogP contribution in [-0.4, -0.2) is 10.8 Å². The fourth-order valence-corrected chi connectivity index (χ4v) is 2.65. The van der Waals surface area contributed by atoms with Crippen LogP contribution in [0.2, 0.25) is 0 Å². The van der Waals surface area contributed by atoms with E-state index in [2.05, 4.69) is 27.0 Å². The lowest BCUT2D eigenvalue weighted by Gasteiger charge is -1.97. The molecule has 0 saturated heterocycles. The van der Waals surface area contributed by atoms with Gasteiger partial charge in [0.2, 0.25) is 0 Å². The number of ketones is 1. The highest BCUT2D eigenvalue weighted by Gasteiger charge is 2.06. The molecule has 0 aliphatic carbocycles. The zero-order valence-electron chi connectivity index (χ0n) is 11.6. The third-order valence-corrected chi connectivity index (χ3v) is 4.00. The average Bonchev–Trinajstić information content (AvgIpc) is 2.81. The number of aryl methyl sites for hydroxylation is 1. The fraction of sp³-hybridized carbons (Fsp3) is 0.0556. The van der Waals surface area contributed by atoms with Gasteiger partial charge in [0.15, 0.2) is 5.78 Å². The van der Waals surface area contributed by atoms with Gasteiger partial charge in [-0.1, -0.05) is 34.1 Å². The number of hydrogen-bond donors (Lipinski definition) is 1. The first-order valence-corrected chi connectivity index (χ1v) is 7.50.